The van der Waals surface area contributed by atoms with Crippen LogP contribution in [0.25, 0.3) is 5.70 Å². The van der Waals surface area contributed by atoms with Crippen molar-refractivity contribution in [2.75, 3.05) is 30.6 Å². The van der Waals surface area contributed by atoms with Crippen molar-refractivity contribution in [3.8, 4) is 5.75 Å². The van der Waals surface area contributed by atoms with Crippen molar-refractivity contribution >= 4 is 40.9 Å². The highest BCUT2D eigenvalue weighted by atomic mass is 32.2. The van der Waals surface area contributed by atoms with E-state index in [0.29, 0.717) is 34.3 Å². The van der Waals surface area contributed by atoms with Crippen LogP contribution in [0.2, 0.25) is 0 Å². The molecule has 4 rings (SSSR count). The number of nitrogens with one attached hydrogen (secondary N) is 1. The Morgan fingerprint density at radius 2 is 1.87 bits per heavy atom. The first-order valence-electron chi connectivity index (χ1n) is 9.42. The summed E-state index contributed by atoms with van der Waals surface area (Å²) in [6.07, 6.45) is 0. The number of rotatable bonds is 5. The first kappa shape index (κ1) is 20.0. The Hall–Kier alpha value is -3.26. The number of nitrogens with zero attached hydrogens (tertiary/aromatic N) is 2. The summed E-state index contributed by atoms with van der Waals surface area (Å²) < 4.78 is 5.12. The van der Waals surface area contributed by atoms with Gasteiger partial charge in [-0.15, -0.1) is 11.8 Å². The lowest BCUT2D eigenvalue weighted by Gasteiger charge is -2.26. The van der Waals surface area contributed by atoms with Gasteiger partial charge in [0.1, 0.15) is 18.3 Å². The predicted octanol–water partition coefficient (Wildman–Crippen LogP) is 2.66. The maximum absolute atomic E-state index is 13.0. The second kappa shape index (κ2) is 8.23. The second-order valence-electron chi connectivity index (χ2n) is 6.98. The van der Waals surface area contributed by atoms with Gasteiger partial charge in [0.05, 0.1) is 13.0 Å². The van der Waals surface area contributed by atoms with E-state index in [1.54, 1.807) is 43.5 Å². The van der Waals surface area contributed by atoms with Crippen molar-refractivity contribution in [3.63, 3.8) is 0 Å². The van der Waals surface area contributed by atoms with Gasteiger partial charge in [-0.25, -0.2) is 0 Å². The summed E-state index contributed by atoms with van der Waals surface area (Å²) in [5.74, 6) is 0.822. The summed E-state index contributed by atoms with van der Waals surface area (Å²) >= 11 is 1.51. The van der Waals surface area contributed by atoms with Crippen LogP contribution in [0.15, 0.2) is 55.1 Å². The lowest BCUT2D eigenvalue weighted by Crippen LogP contribution is -2.48. The Bertz CT molecular complexity index is 986. The van der Waals surface area contributed by atoms with Gasteiger partial charge in [0.2, 0.25) is 11.8 Å². The van der Waals surface area contributed by atoms with Crippen LogP contribution in [-0.2, 0) is 9.59 Å². The number of thioether (sulfide) groups is 1. The molecule has 0 saturated carbocycles. The topological polar surface area (TPSA) is 79.0 Å². The van der Waals surface area contributed by atoms with Gasteiger partial charge in [0.15, 0.2) is 0 Å². The van der Waals surface area contributed by atoms with Crippen molar-refractivity contribution in [2.24, 2.45) is 0 Å². The van der Waals surface area contributed by atoms with E-state index in [0.717, 1.165) is 5.56 Å². The fraction of sp³-hybridized carbons (Fsp3) is 0.227. The van der Waals surface area contributed by atoms with Crippen LogP contribution in [0, 0.1) is 0 Å². The van der Waals surface area contributed by atoms with Crippen LogP contribution in [-0.4, -0.2) is 58.8 Å². The number of hydrogen-bond donors (Lipinski definition) is 1. The molecule has 30 heavy (non-hydrogen) atoms. The van der Waals surface area contributed by atoms with E-state index in [1.807, 2.05) is 12.1 Å². The normalized spacial score (nSPS) is 17.8. The summed E-state index contributed by atoms with van der Waals surface area (Å²) in [6.45, 7) is 3.83. The van der Waals surface area contributed by atoms with Gasteiger partial charge in [-0.3, -0.25) is 19.3 Å². The molecule has 2 aromatic carbocycles. The fourth-order valence-corrected chi connectivity index (χ4v) is 4.71. The molecule has 1 atom stereocenters. The molecule has 2 aromatic rings. The molecule has 1 fully saturated rings. The number of anilines is 1. The molecule has 0 bridgehead atoms. The molecule has 1 saturated heterocycles. The van der Waals surface area contributed by atoms with Gasteiger partial charge in [0, 0.05) is 28.3 Å². The lowest BCUT2D eigenvalue weighted by molar-refractivity contribution is -0.136. The molecule has 2 heterocycles. The Morgan fingerprint density at radius 1 is 1.17 bits per heavy atom. The third-order valence-electron chi connectivity index (χ3n) is 5.20. The fourth-order valence-electron chi connectivity index (χ4n) is 3.53. The Morgan fingerprint density at radius 3 is 2.53 bits per heavy atom. The van der Waals surface area contributed by atoms with E-state index >= 15 is 0 Å². The minimum absolute atomic E-state index is 0.140. The van der Waals surface area contributed by atoms with Crippen LogP contribution in [0.3, 0.4) is 0 Å². The maximum Gasteiger partial charge on any atom is 0.259 e. The standard InChI is InChI=1S/C22H21N3O4S/c1-14-17-5-3-4-6-18(17)22(28)24(14)11-20(26)25-13-30-12-19(25)21(27)23-15-7-9-16(29-2)10-8-15/h3-10,19H,1,11-13H2,2H3,(H,23,27). The number of amides is 3. The van der Waals surface area contributed by atoms with Gasteiger partial charge in [0.25, 0.3) is 5.91 Å². The summed E-state index contributed by atoms with van der Waals surface area (Å²) in [4.78, 5) is 41.3. The van der Waals surface area contributed by atoms with Crippen LogP contribution >= 0.6 is 11.8 Å². The molecule has 1 unspecified atom stereocenters. The number of fused-ring (bicyclic) bond motifs is 1. The highest BCUT2D eigenvalue weighted by Gasteiger charge is 2.38. The zero-order valence-corrected chi connectivity index (χ0v) is 17.3. The molecule has 154 valence electrons. The largest absolute Gasteiger partial charge is 0.497 e. The third kappa shape index (κ3) is 3.66. The van der Waals surface area contributed by atoms with Crippen molar-refractivity contribution in [3.05, 3.63) is 66.2 Å². The van der Waals surface area contributed by atoms with E-state index in [9.17, 15) is 14.4 Å². The van der Waals surface area contributed by atoms with Gasteiger partial charge < -0.3 is 15.0 Å². The van der Waals surface area contributed by atoms with Crippen molar-refractivity contribution in [2.45, 2.75) is 6.04 Å². The SMILES string of the molecule is C=C1c2ccccc2C(=O)N1CC(=O)N1CSCC1C(=O)Nc1ccc(OC)cc1. The highest BCUT2D eigenvalue weighted by molar-refractivity contribution is 7.99. The molecular weight excluding hydrogens is 402 g/mol. The lowest BCUT2D eigenvalue weighted by atomic mass is 10.1. The average Bonchev–Trinajstić information content (AvgIpc) is 3.35. The van der Waals surface area contributed by atoms with Crippen molar-refractivity contribution < 1.29 is 19.1 Å². The Balaban J connectivity index is 1.43. The first-order valence-corrected chi connectivity index (χ1v) is 10.6. The Kier molecular flexibility index (Phi) is 5.50. The summed E-state index contributed by atoms with van der Waals surface area (Å²) in [7, 11) is 1.57. The summed E-state index contributed by atoms with van der Waals surface area (Å²) in [6, 6.07) is 13.6. The van der Waals surface area contributed by atoms with Crippen LogP contribution in [0.4, 0.5) is 5.69 Å². The zero-order valence-electron chi connectivity index (χ0n) is 16.5. The van der Waals surface area contributed by atoms with Gasteiger partial charge in [-0.1, -0.05) is 24.8 Å². The molecule has 0 spiro atoms. The second-order valence-corrected chi connectivity index (χ2v) is 7.98. The minimum Gasteiger partial charge on any atom is -0.497 e. The Labute approximate surface area is 178 Å². The molecule has 0 aliphatic carbocycles. The predicted molar refractivity (Wildman–Crippen MR) is 116 cm³/mol. The van der Waals surface area contributed by atoms with Gasteiger partial charge in [-0.2, -0.15) is 0 Å². The van der Waals surface area contributed by atoms with E-state index in [2.05, 4.69) is 11.9 Å². The van der Waals surface area contributed by atoms with Gasteiger partial charge >= 0.3 is 0 Å². The molecule has 1 N–H and O–H groups in total. The number of hydrogen-bond acceptors (Lipinski definition) is 5. The summed E-state index contributed by atoms with van der Waals surface area (Å²) in [5, 5.41) is 2.85. The van der Waals surface area contributed by atoms with E-state index in [1.165, 1.54) is 21.6 Å². The zero-order chi connectivity index (χ0) is 21.3. The van der Waals surface area contributed by atoms with Crippen molar-refractivity contribution in [1.29, 1.82) is 0 Å². The van der Waals surface area contributed by atoms with E-state index < -0.39 is 6.04 Å². The minimum atomic E-state index is -0.599. The smallest absolute Gasteiger partial charge is 0.259 e. The molecule has 2 aliphatic heterocycles. The summed E-state index contributed by atoms with van der Waals surface area (Å²) in [5.41, 5.74) is 2.42. The van der Waals surface area contributed by atoms with Crippen LogP contribution in [0.5, 0.6) is 5.75 Å². The molecule has 8 heteroatoms. The number of carbonyl (C=O) groups is 3. The molecular formula is C22H21N3O4S. The molecule has 0 aromatic heterocycles. The quantitative estimate of drug-likeness (QED) is 0.800. The number of carbonyl (C=O) groups excluding carboxylic acids is 3. The molecule has 7 nitrogen and oxygen atoms in total. The monoisotopic (exact) mass is 423 g/mol. The van der Waals surface area contributed by atoms with Crippen molar-refractivity contribution in [1.82, 2.24) is 9.80 Å². The number of methoxy groups -OCH3 is 1. The first-order chi connectivity index (χ1) is 14.5. The van der Waals surface area contributed by atoms with Crippen LogP contribution in [0.1, 0.15) is 15.9 Å². The number of ether oxygens (including phenoxy) is 1. The molecule has 3 amide bonds. The maximum atomic E-state index is 13.0. The molecule has 0 radical (unpaired) electrons. The van der Waals surface area contributed by atoms with Gasteiger partial charge in [-0.05, 0) is 30.3 Å². The van der Waals surface area contributed by atoms with Crippen LogP contribution < -0.4 is 10.1 Å². The highest BCUT2D eigenvalue weighted by Crippen LogP contribution is 2.31. The van der Waals surface area contributed by atoms with E-state index in [-0.39, 0.29) is 24.3 Å². The third-order valence-corrected chi connectivity index (χ3v) is 6.21. The number of benzene rings is 2. The molecule has 2 aliphatic rings. The van der Waals surface area contributed by atoms with E-state index in [4.69, 9.17) is 4.74 Å². The average molecular weight is 423 g/mol.